The molecule has 27 heavy (non-hydrogen) atoms. The molecule has 0 aliphatic carbocycles. The number of carbonyl (C=O) groups is 1. The average molecular weight is 364 g/mol. The molecule has 2 rings (SSSR count). The highest BCUT2D eigenvalue weighted by molar-refractivity contribution is 5.96. The molecule has 0 aliphatic heterocycles. The molecule has 1 amide bonds. The monoisotopic (exact) mass is 364 g/mol. The summed E-state index contributed by atoms with van der Waals surface area (Å²) in [5.41, 5.74) is 10.3. The van der Waals surface area contributed by atoms with Crippen molar-refractivity contribution in [1.82, 2.24) is 5.32 Å². The zero-order valence-corrected chi connectivity index (χ0v) is 16.5. The van der Waals surface area contributed by atoms with Gasteiger partial charge in [0.25, 0.3) is 5.91 Å². The molecular formula is C23H28N2O2. The maximum Gasteiger partial charge on any atom is 0.253 e. The van der Waals surface area contributed by atoms with Gasteiger partial charge in [0.15, 0.2) is 0 Å². The van der Waals surface area contributed by atoms with Gasteiger partial charge in [-0.15, -0.1) is 0 Å². The first-order chi connectivity index (χ1) is 12.9. The molecule has 0 aromatic heterocycles. The van der Waals surface area contributed by atoms with Crippen molar-refractivity contribution >= 4 is 5.91 Å². The summed E-state index contributed by atoms with van der Waals surface area (Å²) in [6, 6.07) is 13.7. The Bertz CT molecular complexity index is 845. The van der Waals surface area contributed by atoms with Crippen LogP contribution < -0.4 is 15.8 Å². The van der Waals surface area contributed by atoms with Crippen molar-refractivity contribution in [3.05, 3.63) is 82.6 Å². The van der Waals surface area contributed by atoms with Crippen molar-refractivity contribution in [3.8, 4) is 11.5 Å². The van der Waals surface area contributed by atoms with Crippen molar-refractivity contribution in [2.75, 3.05) is 0 Å². The minimum absolute atomic E-state index is 0.171. The maximum atomic E-state index is 12.3. The molecule has 0 heterocycles. The number of hydrogen-bond donors (Lipinski definition) is 2. The van der Waals surface area contributed by atoms with Crippen LogP contribution in [0, 0.1) is 13.8 Å². The molecule has 0 unspecified atom stereocenters. The fourth-order valence-electron chi connectivity index (χ4n) is 2.49. The largest absolute Gasteiger partial charge is 0.457 e. The first-order valence-corrected chi connectivity index (χ1v) is 9.15. The number of aryl methyl sites for hydroxylation is 2. The van der Waals surface area contributed by atoms with Crippen molar-refractivity contribution < 1.29 is 9.53 Å². The highest BCUT2D eigenvalue weighted by atomic mass is 16.5. The average Bonchev–Trinajstić information content (AvgIpc) is 2.64. The molecule has 2 aromatic carbocycles. The van der Waals surface area contributed by atoms with E-state index in [-0.39, 0.29) is 5.91 Å². The van der Waals surface area contributed by atoms with Crippen molar-refractivity contribution in [2.45, 2.75) is 40.7 Å². The van der Waals surface area contributed by atoms with Crippen molar-refractivity contribution in [2.24, 2.45) is 5.73 Å². The molecular weight excluding hydrogens is 336 g/mol. The lowest BCUT2D eigenvalue weighted by Gasteiger charge is -2.10. The van der Waals surface area contributed by atoms with Crippen LogP contribution in [0.15, 0.2) is 65.9 Å². The fraction of sp³-hybridized carbons (Fsp3) is 0.261. The maximum absolute atomic E-state index is 12.3. The third-order valence-corrected chi connectivity index (χ3v) is 4.28. The summed E-state index contributed by atoms with van der Waals surface area (Å²) in [6.07, 6.45) is 4.54. The van der Waals surface area contributed by atoms with Crippen LogP contribution >= 0.6 is 0 Å². The molecule has 0 fully saturated rings. The van der Waals surface area contributed by atoms with E-state index in [0.717, 1.165) is 23.5 Å². The molecule has 142 valence electrons. The summed E-state index contributed by atoms with van der Waals surface area (Å²) >= 11 is 0. The van der Waals surface area contributed by atoms with Crippen LogP contribution in [0.5, 0.6) is 11.5 Å². The predicted octanol–water partition coefficient (Wildman–Crippen LogP) is 4.91. The Balaban J connectivity index is 1.97. The van der Waals surface area contributed by atoms with Crippen LogP contribution in [0.3, 0.4) is 0 Å². The Kier molecular flexibility index (Phi) is 7.24. The molecule has 4 nitrogen and oxygen atoms in total. The lowest BCUT2D eigenvalue weighted by atomic mass is 10.1. The lowest BCUT2D eigenvalue weighted by Crippen LogP contribution is -2.25. The number of nitrogens with two attached hydrogens (primary N) is 1. The second kappa shape index (κ2) is 9.62. The smallest absolute Gasteiger partial charge is 0.253 e. The highest BCUT2D eigenvalue weighted by Gasteiger charge is 2.08. The summed E-state index contributed by atoms with van der Waals surface area (Å²) in [5.74, 6) is 1.41. The molecule has 2 aromatic rings. The molecule has 0 saturated carbocycles. The van der Waals surface area contributed by atoms with Gasteiger partial charge < -0.3 is 15.8 Å². The molecule has 3 N–H and O–H groups in total. The number of amides is 1. The van der Waals surface area contributed by atoms with Crippen molar-refractivity contribution in [3.63, 3.8) is 0 Å². The topological polar surface area (TPSA) is 64.3 Å². The minimum Gasteiger partial charge on any atom is -0.457 e. The van der Waals surface area contributed by atoms with Gasteiger partial charge in [0.1, 0.15) is 11.5 Å². The number of carbonyl (C=O) groups excluding carboxylic acids is 1. The number of ether oxygens (including phenoxy) is 1. The Morgan fingerprint density at radius 2 is 1.74 bits per heavy atom. The molecule has 0 aliphatic rings. The van der Waals surface area contributed by atoms with E-state index in [0.29, 0.717) is 17.8 Å². The number of rotatable bonds is 7. The normalized spacial score (nSPS) is 12.0. The summed E-state index contributed by atoms with van der Waals surface area (Å²) in [5, 5.41) is 2.90. The van der Waals surface area contributed by atoms with E-state index in [1.165, 1.54) is 11.1 Å². The van der Waals surface area contributed by atoms with Gasteiger partial charge in [-0.25, -0.2) is 0 Å². The lowest BCUT2D eigenvalue weighted by molar-refractivity contribution is -0.117. The highest BCUT2D eigenvalue weighted by Crippen LogP contribution is 2.24. The summed E-state index contributed by atoms with van der Waals surface area (Å²) in [4.78, 5) is 12.3. The van der Waals surface area contributed by atoms with Crippen LogP contribution in [0.2, 0.25) is 0 Å². The van der Waals surface area contributed by atoms with Gasteiger partial charge in [0, 0.05) is 12.2 Å². The van der Waals surface area contributed by atoms with Gasteiger partial charge in [-0.3, -0.25) is 4.79 Å². The van der Waals surface area contributed by atoms with Gasteiger partial charge in [-0.2, -0.15) is 0 Å². The van der Waals surface area contributed by atoms with Crippen LogP contribution in [0.25, 0.3) is 0 Å². The number of allylic oxidation sites excluding steroid dienone is 2. The van der Waals surface area contributed by atoms with Gasteiger partial charge in [-0.1, -0.05) is 37.3 Å². The van der Waals surface area contributed by atoms with Crippen LogP contribution in [0.4, 0.5) is 0 Å². The van der Waals surface area contributed by atoms with E-state index >= 15 is 0 Å². The third kappa shape index (κ3) is 6.03. The van der Waals surface area contributed by atoms with Crippen LogP contribution in [0.1, 0.15) is 37.0 Å². The van der Waals surface area contributed by atoms with E-state index in [4.69, 9.17) is 10.5 Å². The molecule has 0 bridgehead atoms. The van der Waals surface area contributed by atoms with Crippen LogP contribution in [-0.4, -0.2) is 5.91 Å². The molecule has 0 radical (unpaired) electrons. The number of benzene rings is 2. The Morgan fingerprint density at radius 1 is 1.07 bits per heavy atom. The third-order valence-electron chi connectivity index (χ3n) is 4.28. The van der Waals surface area contributed by atoms with Crippen LogP contribution in [-0.2, 0) is 11.3 Å². The standard InChI is InChI=1S/C23H28N2O2/c1-5-6-7-22(18(4)24)23(26)25-15-19-9-12-20(13-10-19)27-21-11-8-16(2)17(3)14-21/h6-14H,5,15,24H2,1-4H3,(H,25,26)/b7-6-,22-18-. The van der Waals surface area contributed by atoms with E-state index < -0.39 is 0 Å². The minimum atomic E-state index is -0.171. The number of nitrogens with one attached hydrogen (secondary N) is 1. The Hall–Kier alpha value is -3.01. The zero-order valence-electron chi connectivity index (χ0n) is 16.5. The molecule has 0 spiro atoms. The molecule has 0 atom stereocenters. The SMILES string of the molecule is CC/C=C\C(C(=O)NCc1ccc(Oc2ccc(C)c(C)c2)cc1)=C(/C)N. The van der Waals surface area contributed by atoms with Crippen molar-refractivity contribution in [1.29, 1.82) is 0 Å². The van der Waals surface area contributed by atoms with E-state index in [1.807, 2.05) is 55.5 Å². The summed E-state index contributed by atoms with van der Waals surface area (Å²) in [7, 11) is 0. The molecule has 0 saturated heterocycles. The van der Waals surface area contributed by atoms with Gasteiger partial charge in [0.05, 0.1) is 5.57 Å². The second-order valence-electron chi connectivity index (χ2n) is 6.58. The first kappa shape index (κ1) is 20.3. The fourth-order valence-corrected chi connectivity index (χ4v) is 2.49. The van der Waals surface area contributed by atoms with Gasteiger partial charge in [-0.05, 0) is 68.1 Å². The summed E-state index contributed by atoms with van der Waals surface area (Å²) < 4.78 is 5.89. The molecule has 4 heteroatoms. The van der Waals surface area contributed by atoms with E-state index in [1.54, 1.807) is 13.0 Å². The van der Waals surface area contributed by atoms with Gasteiger partial charge in [0.2, 0.25) is 0 Å². The predicted molar refractivity (Wildman–Crippen MR) is 111 cm³/mol. The Labute approximate surface area is 161 Å². The quantitative estimate of drug-likeness (QED) is 0.542. The summed E-state index contributed by atoms with van der Waals surface area (Å²) in [6.45, 7) is 8.31. The Morgan fingerprint density at radius 3 is 2.33 bits per heavy atom. The van der Waals surface area contributed by atoms with E-state index in [9.17, 15) is 4.79 Å². The second-order valence-corrected chi connectivity index (χ2v) is 6.58. The van der Waals surface area contributed by atoms with E-state index in [2.05, 4.69) is 19.2 Å². The zero-order chi connectivity index (χ0) is 19.8. The van der Waals surface area contributed by atoms with Gasteiger partial charge >= 0.3 is 0 Å². The first-order valence-electron chi connectivity index (χ1n) is 9.15. The number of hydrogen-bond acceptors (Lipinski definition) is 3.